The zero-order valence-corrected chi connectivity index (χ0v) is 18.3. The molecule has 0 fully saturated rings. The Kier molecular flexibility index (Phi) is 7.53. The lowest BCUT2D eigenvalue weighted by atomic mass is 10.1. The molecule has 2 aromatic rings. The Hall–Kier alpha value is -2.71. The predicted octanol–water partition coefficient (Wildman–Crippen LogP) is 1.60. The van der Waals surface area contributed by atoms with Crippen LogP contribution in [0.5, 0.6) is 0 Å². The second-order valence-corrected chi connectivity index (χ2v) is 8.15. The number of thiophene rings is 1. The fourth-order valence-electron chi connectivity index (χ4n) is 3.16. The molecule has 4 N–H and O–H groups in total. The quantitative estimate of drug-likeness (QED) is 0.567. The summed E-state index contributed by atoms with van der Waals surface area (Å²) in [5, 5.41) is 3.05. The summed E-state index contributed by atoms with van der Waals surface area (Å²) < 4.78 is 5.07. The molecule has 0 bridgehead atoms. The largest absolute Gasteiger partial charge is 0.462 e. The highest BCUT2D eigenvalue weighted by molar-refractivity contribution is 7.18. The van der Waals surface area contributed by atoms with Gasteiger partial charge in [-0.25, -0.2) is 4.79 Å². The van der Waals surface area contributed by atoms with Crippen LogP contribution in [0, 0.1) is 20.8 Å². The topological polar surface area (TPSA) is 103 Å². The molecule has 156 valence electrons. The first-order valence-electron chi connectivity index (χ1n) is 9.41. The van der Waals surface area contributed by atoms with E-state index in [1.165, 1.54) is 16.7 Å². The summed E-state index contributed by atoms with van der Waals surface area (Å²) in [6.07, 6.45) is 0. The molecule has 1 unspecified atom stereocenters. The van der Waals surface area contributed by atoms with E-state index in [1.807, 2.05) is 14.0 Å². The maximum absolute atomic E-state index is 12.6. The van der Waals surface area contributed by atoms with E-state index in [0.29, 0.717) is 17.1 Å². The third-order valence-corrected chi connectivity index (χ3v) is 5.78. The van der Waals surface area contributed by atoms with Crippen molar-refractivity contribution in [1.29, 1.82) is 0 Å². The second kappa shape index (κ2) is 9.67. The third kappa shape index (κ3) is 5.65. The highest BCUT2D eigenvalue weighted by Gasteiger charge is 2.26. The van der Waals surface area contributed by atoms with E-state index in [4.69, 9.17) is 10.5 Å². The molecule has 1 aromatic carbocycles. The van der Waals surface area contributed by atoms with Gasteiger partial charge in [0.2, 0.25) is 0 Å². The fraction of sp³-hybridized carbons (Fsp3) is 0.381. The number of likely N-dealkylation sites (N-methyl/N-ethyl adjacent to an activating group) is 1. The van der Waals surface area contributed by atoms with Gasteiger partial charge in [0.1, 0.15) is 11.5 Å². The van der Waals surface area contributed by atoms with Gasteiger partial charge in [0.25, 0.3) is 11.8 Å². The first-order chi connectivity index (χ1) is 13.6. The van der Waals surface area contributed by atoms with Crippen LogP contribution in [0.2, 0.25) is 0 Å². The van der Waals surface area contributed by atoms with Gasteiger partial charge in [-0.15, -0.1) is 11.3 Å². The number of nitrogens with two attached hydrogens (primary N) is 1. The summed E-state index contributed by atoms with van der Waals surface area (Å²) in [7, 11) is 1.93. The Bertz CT molecular complexity index is 936. The van der Waals surface area contributed by atoms with Crippen LogP contribution in [0.1, 0.15) is 49.2 Å². The average Bonchev–Trinajstić information content (AvgIpc) is 2.93. The van der Waals surface area contributed by atoms with Gasteiger partial charge in [-0.1, -0.05) is 23.8 Å². The summed E-state index contributed by atoms with van der Waals surface area (Å²) in [6.45, 7) is 8.51. The van der Waals surface area contributed by atoms with Crippen LogP contribution in [-0.4, -0.2) is 38.0 Å². The van der Waals surface area contributed by atoms with Crippen LogP contribution in [0.3, 0.4) is 0 Å². The fourth-order valence-corrected chi connectivity index (χ4v) is 4.23. The molecule has 0 aliphatic carbocycles. The van der Waals surface area contributed by atoms with Crippen molar-refractivity contribution in [2.45, 2.75) is 34.2 Å². The van der Waals surface area contributed by atoms with Crippen molar-refractivity contribution in [3.63, 3.8) is 0 Å². The molecule has 8 heteroatoms. The molecular formula is C21H28N3O4S+. The van der Waals surface area contributed by atoms with E-state index in [9.17, 15) is 14.4 Å². The Labute approximate surface area is 174 Å². The number of anilines is 1. The smallest absolute Gasteiger partial charge is 0.341 e. The van der Waals surface area contributed by atoms with E-state index in [1.54, 1.807) is 13.8 Å². The maximum Gasteiger partial charge on any atom is 0.341 e. The van der Waals surface area contributed by atoms with E-state index in [2.05, 4.69) is 30.4 Å². The second-order valence-electron chi connectivity index (χ2n) is 7.13. The third-order valence-electron chi connectivity index (χ3n) is 4.56. The highest BCUT2D eigenvalue weighted by Crippen LogP contribution is 2.33. The van der Waals surface area contributed by atoms with E-state index in [-0.39, 0.29) is 29.5 Å². The van der Waals surface area contributed by atoms with Gasteiger partial charge >= 0.3 is 5.97 Å². The minimum atomic E-state index is -0.642. The van der Waals surface area contributed by atoms with Gasteiger partial charge in [-0.05, 0) is 38.8 Å². The van der Waals surface area contributed by atoms with Crippen LogP contribution in [0.15, 0.2) is 18.2 Å². The SMILES string of the molecule is CCOC(=O)c1c(NC(=O)C[NH+](C)Cc2ccc(C)cc2C)sc(C(N)=O)c1C. The van der Waals surface area contributed by atoms with Gasteiger partial charge in [-0.3, -0.25) is 9.59 Å². The van der Waals surface area contributed by atoms with Crippen molar-refractivity contribution in [3.05, 3.63) is 50.9 Å². The number of benzene rings is 1. The normalized spacial score (nSPS) is 11.8. The van der Waals surface area contributed by atoms with Crippen molar-refractivity contribution >= 4 is 34.1 Å². The summed E-state index contributed by atoms with van der Waals surface area (Å²) in [4.78, 5) is 37.8. The lowest BCUT2D eigenvalue weighted by Crippen LogP contribution is -3.08. The standard InChI is InChI=1S/C21H27N3O4S/c1-6-28-21(27)17-14(4)18(19(22)26)29-20(17)23-16(25)11-24(5)10-15-8-7-12(2)9-13(15)3/h7-9H,6,10-11H2,1-5H3,(H2,22,26)(H,23,25)/p+1. The Morgan fingerprint density at radius 1 is 1.21 bits per heavy atom. The maximum atomic E-state index is 12.6. The van der Waals surface area contributed by atoms with Gasteiger partial charge in [-0.2, -0.15) is 0 Å². The van der Waals surface area contributed by atoms with Crippen LogP contribution in [-0.2, 0) is 16.1 Å². The minimum absolute atomic E-state index is 0.186. The van der Waals surface area contributed by atoms with Crippen molar-refractivity contribution in [2.75, 3.05) is 25.5 Å². The van der Waals surface area contributed by atoms with E-state index < -0.39 is 11.9 Å². The highest BCUT2D eigenvalue weighted by atomic mass is 32.1. The average molecular weight is 419 g/mol. The zero-order valence-electron chi connectivity index (χ0n) is 17.5. The molecular weight excluding hydrogens is 390 g/mol. The molecule has 29 heavy (non-hydrogen) atoms. The van der Waals surface area contributed by atoms with E-state index in [0.717, 1.165) is 16.2 Å². The molecule has 2 amide bonds. The van der Waals surface area contributed by atoms with Crippen molar-refractivity contribution in [2.24, 2.45) is 5.73 Å². The molecule has 0 aliphatic heterocycles. The van der Waals surface area contributed by atoms with Crippen LogP contribution in [0.25, 0.3) is 0 Å². The number of primary amides is 1. The molecule has 0 saturated carbocycles. The number of quaternary nitrogens is 1. The van der Waals surface area contributed by atoms with E-state index >= 15 is 0 Å². The number of amides is 2. The van der Waals surface area contributed by atoms with Gasteiger partial charge in [0, 0.05) is 5.56 Å². The lowest BCUT2D eigenvalue weighted by Gasteiger charge is -2.15. The Morgan fingerprint density at radius 2 is 1.90 bits per heavy atom. The van der Waals surface area contributed by atoms with Gasteiger partial charge in [0.15, 0.2) is 6.54 Å². The number of aryl methyl sites for hydroxylation is 2. The van der Waals surface area contributed by atoms with Gasteiger partial charge < -0.3 is 20.7 Å². The molecule has 7 nitrogen and oxygen atoms in total. The number of carbonyl (C=O) groups excluding carboxylic acids is 3. The molecule has 0 spiro atoms. The van der Waals surface area contributed by atoms with Crippen LogP contribution >= 0.6 is 11.3 Å². The summed E-state index contributed by atoms with van der Waals surface area (Å²) in [5.74, 6) is -1.48. The number of carbonyl (C=O) groups is 3. The zero-order chi connectivity index (χ0) is 21.7. The molecule has 1 heterocycles. The number of hydrogen-bond donors (Lipinski definition) is 3. The van der Waals surface area contributed by atoms with Crippen LogP contribution in [0.4, 0.5) is 5.00 Å². The molecule has 1 aromatic heterocycles. The number of esters is 1. The van der Waals surface area contributed by atoms with Crippen molar-refractivity contribution in [3.8, 4) is 0 Å². The number of nitrogens with one attached hydrogen (secondary N) is 2. The monoisotopic (exact) mass is 418 g/mol. The molecule has 0 aliphatic rings. The van der Waals surface area contributed by atoms with Crippen molar-refractivity contribution < 1.29 is 24.0 Å². The Balaban J connectivity index is 2.14. The minimum Gasteiger partial charge on any atom is -0.462 e. The number of hydrogen-bond acceptors (Lipinski definition) is 5. The summed E-state index contributed by atoms with van der Waals surface area (Å²) in [6, 6.07) is 6.25. The van der Waals surface area contributed by atoms with Gasteiger partial charge in [0.05, 0.1) is 24.1 Å². The molecule has 2 rings (SSSR count). The molecule has 0 saturated heterocycles. The predicted molar refractivity (Wildman–Crippen MR) is 114 cm³/mol. The van der Waals surface area contributed by atoms with Crippen LogP contribution < -0.4 is 16.0 Å². The molecule has 0 radical (unpaired) electrons. The number of rotatable bonds is 8. The molecule has 1 atom stereocenters. The number of ether oxygens (including phenoxy) is 1. The summed E-state index contributed by atoms with van der Waals surface area (Å²) in [5.41, 5.74) is 9.57. The van der Waals surface area contributed by atoms with Crippen molar-refractivity contribution in [1.82, 2.24) is 0 Å². The Morgan fingerprint density at radius 3 is 2.48 bits per heavy atom. The first kappa shape index (κ1) is 22.6. The summed E-state index contributed by atoms with van der Waals surface area (Å²) >= 11 is 0.995. The lowest BCUT2D eigenvalue weighted by molar-refractivity contribution is -0.885. The first-order valence-corrected chi connectivity index (χ1v) is 10.2.